The van der Waals surface area contributed by atoms with Gasteiger partial charge < -0.3 is 19.7 Å². The zero-order valence-electron chi connectivity index (χ0n) is 16.6. The third-order valence-electron chi connectivity index (χ3n) is 4.58. The number of para-hydroxylation sites is 2. The van der Waals surface area contributed by atoms with Gasteiger partial charge in [-0.15, -0.1) is 22.7 Å². The van der Waals surface area contributed by atoms with Crippen LogP contribution in [0.5, 0.6) is 5.75 Å². The molecule has 0 saturated carbocycles. The molecule has 4 rings (SSSR count). The number of rotatable bonds is 6. The second-order valence-electron chi connectivity index (χ2n) is 6.65. The molecule has 2 aromatic heterocycles. The number of thiazole rings is 1. The Balaban J connectivity index is 1.37. The van der Waals surface area contributed by atoms with Crippen molar-refractivity contribution in [2.75, 3.05) is 25.1 Å². The average molecular weight is 458 g/mol. The summed E-state index contributed by atoms with van der Waals surface area (Å²) in [4.78, 5) is 44.0. The normalized spacial score (nSPS) is 15.0. The van der Waals surface area contributed by atoms with Gasteiger partial charge in [0.15, 0.2) is 12.7 Å². The van der Waals surface area contributed by atoms with Gasteiger partial charge in [0.25, 0.3) is 11.8 Å². The maximum Gasteiger partial charge on any atom is 0.312 e. The first-order chi connectivity index (χ1) is 15.0. The van der Waals surface area contributed by atoms with Crippen molar-refractivity contribution in [3.05, 3.63) is 52.9 Å². The van der Waals surface area contributed by atoms with E-state index in [0.29, 0.717) is 17.1 Å². The lowest BCUT2D eigenvalue weighted by Gasteiger charge is -2.33. The summed E-state index contributed by atoms with van der Waals surface area (Å²) in [5.41, 5.74) is 1.13. The summed E-state index contributed by atoms with van der Waals surface area (Å²) in [6.45, 7) is -0.404. The van der Waals surface area contributed by atoms with Crippen molar-refractivity contribution in [1.29, 1.82) is 0 Å². The highest BCUT2D eigenvalue weighted by Crippen LogP contribution is 2.33. The van der Waals surface area contributed by atoms with Crippen molar-refractivity contribution in [2.24, 2.45) is 0 Å². The predicted octanol–water partition coefficient (Wildman–Crippen LogP) is 2.50. The van der Waals surface area contributed by atoms with E-state index in [1.807, 2.05) is 22.9 Å². The Kier molecular flexibility index (Phi) is 6.28. The largest absolute Gasteiger partial charge is 0.477 e. The predicted molar refractivity (Wildman–Crippen MR) is 117 cm³/mol. The van der Waals surface area contributed by atoms with Crippen LogP contribution in [0, 0.1) is 0 Å². The summed E-state index contributed by atoms with van der Waals surface area (Å²) in [7, 11) is 1.50. The third kappa shape index (κ3) is 4.75. The lowest BCUT2D eigenvalue weighted by atomic mass is 10.1. The molecule has 0 saturated heterocycles. The first kappa shape index (κ1) is 21.0. The molecule has 1 atom stereocenters. The maximum absolute atomic E-state index is 12.8. The van der Waals surface area contributed by atoms with Gasteiger partial charge in [-0.25, -0.2) is 4.98 Å². The van der Waals surface area contributed by atoms with Gasteiger partial charge in [0.2, 0.25) is 0 Å². The fourth-order valence-corrected chi connectivity index (χ4v) is 4.72. The van der Waals surface area contributed by atoms with Crippen molar-refractivity contribution >= 4 is 46.1 Å². The molecule has 3 aromatic rings. The quantitative estimate of drug-likeness (QED) is 0.571. The van der Waals surface area contributed by atoms with Crippen LogP contribution in [0.2, 0.25) is 0 Å². The Morgan fingerprint density at radius 3 is 2.84 bits per heavy atom. The van der Waals surface area contributed by atoms with E-state index in [-0.39, 0.29) is 18.9 Å². The van der Waals surface area contributed by atoms with Gasteiger partial charge in [-0.2, -0.15) is 0 Å². The Hall–Kier alpha value is -3.24. The van der Waals surface area contributed by atoms with Crippen LogP contribution in [0.25, 0.3) is 9.88 Å². The zero-order chi connectivity index (χ0) is 21.8. The van der Waals surface area contributed by atoms with E-state index in [4.69, 9.17) is 9.47 Å². The van der Waals surface area contributed by atoms with Crippen molar-refractivity contribution < 1.29 is 23.9 Å². The van der Waals surface area contributed by atoms with Crippen LogP contribution >= 0.6 is 22.7 Å². The molecule has 0 radical (unpaired) electrons. The fourth-order valence-electron chi connectivity index (χ4n) is 3.09. The molecular weight excluding hydrogens is 438 g/mol. The molecule has 160 valence electrons. The van der Waals surface area contributed by atoms with Crippen LogP contribution in [0.4, 0.5) is 5.69 Å². The minimum atomic E-state index is -0.842. The number of carbonyl (C=O) groups excluding carboxylic acids is 3. The number of fused-ring (bicyclic) bond motifs is 1. The summed E-state index contributed by atoms with van der Waals surface area (Å²) in [6, 6.07) is 10.8. The van der Waals surface area contributed by atoms with Gasteiger partial charge >= 0.3 is 5.97 Å². The molecule has 1 unspecified atom stereocenters. The van der Waals surface area contributed by atoms with Crippen LogP contribution in [0.1, 0.15) is 5.69 Å². The number of anilines is 1. The highest BCUT2D eigenvalue weighted by molar-refractivity contribution is 7.20. The lowest BCUT2D eigenvalue weighted by molar-refractivity contribution is -0.147. The van der Waals surface area contributed by atoms with E-state index < -0.39 is 24.6 Å². The molecule has 10 heteroatoms. The molecular formula is C21H19N3O5S2. The molecule has 8 nitrogen and oxygen atoms in total. The summed E-state index contributed by atoms with van der Waals surface area (Å²) >= 11 is 3.04. The highest BCUT2D eigenvalue weighted by Gasteiger charge is 2.33. The third-order valence-corrected chi connectivity index (χ3v) is 6.51. The second-order valence-corrected chi connectivity index (χ2v) is 8.46. The van der Waals surface area contributed by atoms with Gasteiger partial charge in [-0.3, -0.25) is 14.4 Å². The molecule has 0 fully saturated rings. The number of nitrogens with one attached hydrogen (secondary N) is 1. The number of hydrogen-bond donors (Lipinski definition) is 1. The van der Waals surface area contributed by atoms with Crippen molar-refractivity contribution in [3.63, 3.8) is 0 Å². The number of ether oxygens (including phenoxy) is 2. The number of aromatic nitrogens is 1. The van der Waals surface area contributed by atoms with Crippen LogP contribution < -0.4 is 15.0 Å². The van der Waals surface area contributed by atoms with Gasteiger partial charge in [0.05, 0.1) is 29.2 Å². The number of thiophene rings is 1. The minimum Gasteiger partial charge on any atom is -0.477 e. The van der Waals surface area contributed by atoms with E-state index in [2.05, 4.69) is 10.3 Å². The van der Waals surface area contributed by atoms with Gasteiger partial charge in [-0.1, -0.05) is 18.2 Å². The van der Waals surface area contributed by atoms with E-state index in [0.717, 1.165) is 9.88 Å². The number of likely N-dealkylation sites (N-methyl/N-ethyl adjacent to an activating group) is 1. The first-order valence-electron chi connectivity index (χ1n) is 9.46. The van der Waals surface area contributed by atoms with Crippen LogP contribution in [0.15, 0.2) is 47.2 Å². The Morgan fingerprint density at radius 2 is 2.06 bits per heavy atom. The van der Waals surface area contributed by atoms with Gasteiger partial charge in [0.1, 0.15) is 10.8 Å². The summed E-state index contributed by atoms with van der Waals surface area (Å²) in [5.74, 6) is -0.892. The second kappa shape index (κ2) is 9.27. The van der Waals surface area contributed by atoms with E-state index in [1.165, 1.54) is 23.3 Å². The topological polar surface area (TPSA) is 97.8 Å². The molecule has 1 N–H and O–H groups in total. The summed E-state index contributed by atoms with van der Waals surface area (Å²) in [6.07, 6.45) is -0.861. The van der Waals surface area contributed by atoms with Crippen LogP contribution in [-0.2, 0) is 25.5 Å². The molecule has 1 aliphatic rings. The van der Waals surface area contributed by atoms with Gasteiger partial charge in [0, 0.05) is 12.4 Å². The van der Waals surface area contributed by atoms with Crippen molar-refractivity contribution in [2.45, 2.75) is 12.5 Å². The SMILES string of the molecule is CNC(=O)C1CN(C(=O)COC(=O)Cc2csc(-c3cccs3)n2)c2ccccc2O1. The summed E-state index contributed by atoms with van der Waals surface area (Å²) < 4.78 is 10.9. The molecule has 0 bridgehead atoms. The van der Waals surface area contributed by atoms with E-state index in [9.17, 15) is 14.4 Å². The Labute approximate surface area is 186 Å². The molecule has 3 heterocycles. The smallest absolute Gasteiger partial charge is 0.312 e. The molecule has 2 amide bonds. The van der Waals surface area contributed by atoms with Crippen LogP contribution in [0.3, 0.4) is 0 Å². The molecule has 0 aliphatic carbocycles. The zero-order valence-corrected chi connectivity index (χ0v) is 18.2. The number of hydrogen-bond acceptors (Lipinski definition) is 8. The molecule has 1 aromatic carbocycles. The summed E-state index contributed by atoms with van der Waals surface area (Å²) in [5, 5.41) is 7.15. The molecule has 31 heavy (non-hydrogen) atoms. The number of carbonyl (C=O) groups is 3. The number of esters is 1. The molecule has 1 aliphatic heterocycles. The van der Waals surface area contributed by atoms with Crippen LogP contribution in [-0.4, -0.2) is 49.1 Å². The minimum absolute atomic E-state index is 0.0181. The highest BCUT2D eigenvalue weighted by atomic mass is 32.1. The van der Waals surface area contributed by atoms with Gasteiger partial charge in [-0.05, 0) is 23.6 Å². The maximum atomic E-state index is 12.8. The van der Waals surface area contributed by atoms with E-state index >= 15 is 0 Å². The fraction of sp³-hybridized carbons (Fsp3) is 0.238. The number of benzene rings is 1. The van der Waals surface area contributed by atoms with E-state index in [1.54, 1.807) is 35.6 Å². The lowest BCUT2D eigenvalue weighted by Crippen LogP contribution is -2.51. The number of nitrogens with zero attached hydrogens (tertiary/aromatic N) is 2. The Bertz CT molecular complexity index is 1100. The first-order valence-corrected chi connectivity index (χ1v) is 11.2. The molecule has 0 spiro atoms. The Morgan fingerprint density at radius 1 is 1.23 bits per heavy atom. The van der Waals surface area contributed by atoms with Crippen molar-refractivity contribution in [1.82, 2.24) is 10.3 Å². The number of amides is 2. The monoisotopic (exact) mass is 457 g/mol. The standard InChI is InChI=1S/C21H19N3O5S2/c1-22-20(27)16-10-24(14-5-2-3-6-15(14)29-16)18(25)11-28-19(26)9-13-12-31-21(23-13)17-7-4-8-30-17/h2-8,12,16H,9-11H2,1H3,(H,22,27). The van der Waals surface area contributed by atoms with Crippen molar-refractivity contribution in [3.8, 4) is 15.6 Å². The average Bonchev–Trinajstić information content (AvgIpc) is 3.48.